The molecular weight excluding hydrogens is 508 g/mol. The van der Waals surface area contributed by atoms with Gasteiger partial charge in [0.25, 0.3) is 5.91 Å². The van der Waals surface area contributed by atoms with Gasteiger partial charge in [-0.05, 0) is 47.3 Å². The number of piperazine rings is 1. The van der Waals surface area contributed by atoms with Crippen LogP contribution in [0.15, 0.2) is 90.3 Å². The van der Waals surface area contributed by atoms with Gasteiger partial charge in [-0.3, -0.25) is 9.59 Å². The van der Waals surface area contributed by atoms with Crippen molar-refractivity contribution >= 4 is 40.2 Å². The van der Waals surface area contributed by atoms with Crippen molar-refractivity contribution < 1.29 is 14.3 Å². The average Bonchev–Trinajstić information content (AvgIpc) is 3.49. The van der Waals surface area contributed by atoms with Crippen molar-refractivity contribution in [3.63, 3.8) is 0 Å². The number of hydrogen-bond donors (Lipinski definition) is 2. The largest absolute Gasteiger partial charge is 0.495 e. The number of benzene rings is 3. The van der Waals surface area contributed by atoms with Crippen LogP contribution in [0.5, 0.6) is 5.75 Å². The normalized spacial score (nSPS) is 13.2. The van der Waals surface area contributed by atoms with Crippen LogP contribution in [0.1, 0.15) is 20.8 Å². The zero-order valence-corrected chi connectivity index (χ0v) is 22.7. The Labute approximate surface area is 233 Å². The van der Waals surface area contributed by atoms with E-state index in [-0.39, 0.29) is 11.8 Å². The Hall–Kier alpha value is -4.30. The molecule has 0 spiro atoms. The molecule has 1 saturated heterocycles. The minimum Gasteiger partial charge on any atom is -0.495 e. The third-order valence-electron chi connectivity index (χ3n) is 6.78. The van der Waals surface area contributed by atoms with Crippen molar-refractivity contribution in [1.29, 1.82) is 0 Å². The van der Waals surface area contributed by atoms with Gasteiger partial charge < -0.3 is 25.2 Å². The molecule has 2 heterocycles. The number of carbonyl (C=O) groups is 2. The van der Waals surface area contributed by atoms with Gasteiger partial charge in [-0.2, -0.15) is 0 Å². The molecule has 0 unspecified atom stereocenters. The second-order valence-electron chi connectivity index (χ2n) is 9.35. The zero-order chi connectivity index (χ0) is 27.0. The minimum atomic E-state index is -0.171. The molecule has 4 aromatic rings. The Bertz CT molecular complexity index is 1400. The lowest BCUT2D eigenvalue weighted by atomic mass is 10.1. The first-order valence-electron chi connectivity index (χ1n) is 13.0. The predicted molar refractivity (Wildman–Crippen MR) is 158 cm³/mol. The molecule has 39 heavy (non-hydrogen) atoms. The van der Waals surface area contributed by atoms with E-state index in [9.17, 15) is 9.59 Å². The number of ether oxygens (including phenoxy) is 1. The van der Waals surface area contributed by atoms with E-state index in [1.807, 2.05) is 78.2 Å². The standard InChI is InChI=1S/C31H32N4O3S/c1-38-29-12-6-5-11-28(29)35-17-15-34(16-18-35)27-14-13-24(33-30(36)21-25-10-7-19-39-25)20-26(27)31(37)32-22-23-8-3-2-4-9-23/h2-14,19-20H,15-18,21-22H2,1H3,(H,32,37)(H,33,36). The zero-order valence-electron chi connectivity index (χ0n) is 21.9. The lowest BCUT2D eigenvalue weighted by Crippen LogP contribution is -2.47. The first-order chi connectivity index (χ1) is 19.1. The second kappa shape index (κ2) is 12.5. The number of amides is 2. The smallest absolute Gasteiger partial charge is 0.253 e. The number of thiophene rings is 1. The number of nitrogens with one attached hydrogen (secondary N) is 2. The van der Waals surface area contributed by atoms with Gasteiger partial charge in [-0.25, -0.2) is 0 Å². The summed E-state index contributed by atoms with van der Waals surface area (Å²) in [6.07, 6.45) is 0.305. The van der Waals surface area contributed by atoms with Crippen molar-refractivity contribution in [2.75, 3.05) is 48.4 Å². The third kappa shape index (κ3) is 6.59. The Kier molecular flexibility index (Phi) is 8.43. The van der Waals surface area contributed by atoms with Crippen LogP contribution in [0, 0.1) is 0 Å². The molecule has 2 N–H and O–H groups in total. The molecule has 8 heteroatoms. The minimum absolute atomic E-state index is 0.105. The summed E-state index contributed by atoms with van der Waals surface area (Å²) in [6, 6.07) is 27.4. The highest BCUT2D eigenvalue weighted by atomic mass is 32.1. The Morgan fingerprint density at radius 1 is 0.846 bits per heavy atom. The fourth-order valence-corrected chi connectivity index (χ4v) is 5.50. The van der Waals surface area contributed by atoms with E-state index in [2.05, 4.69) is 26.5 Å². The Morgan fingerprint density at radius 3 is 2.28 bits per heavy atom. The van der Waals surface area contributed by atoms with Gasteiger partial charge in [0.2, 0.25) is 5.91 Å². The molecular formula is C31H32N4O3S. The highest BCUT2D eigenvalue weighted by Crippen LogP contribution is 2.31. The summed E-state index contributed by atoms with van der Waals surface area (Å²) < 4.78 is 5.56. The number of hydrogen-bond acceptors (Lipinski definition) is 6. The van der Waals surface area contributed by atoms with Crippen molar-refractivity contribution in [3.05, 3.63) is 106 Å². The first kappa shape index (κ1) is 26.3. The number of rotatable bonds is 9. The highest BCUT2D eigenvalue weighted by Gasteiger charge is 2.24. The van der Waals surface area contributed by atoms with Gasteiger partial charge in [0.15, 0.2) is 0 Å². The summed E-state index contributed by atoms with van der Waals surface area (Å²) in [5.41, 5.74) is 4.11. The second-order valence-corrected chi connectivity index (χ2v) is 10.4. The number of para-hydroxylation sites is 2. The van der Waals surface area contributed by atoms with Crippen LogP contribution in [0.3, 0.4) is 0 Å². The number of methoxy groups -OCH3 is 1. The van der Waals surface area contributed by atoms with Crippen molar-refractivity contribution in [3.8, 4) is 5.75 Å². The van der Waals surface area contributed by atoms with Crippen LogP contribution in [-0.4, -0.2) is 45.1 Å². The topological polar surface area (TPSA) is 73.9 Å². The molecule has 1 aromatic heterocycles. The van der Waals surface area contributed by atoms with E-state index >= 15 is 0 Å². The maximum Gasteiger partial charge on any atom is 0.253 e. The van der Waals surface area contributed by atoms with Crippen LogP contribution >= 0.6 is 11.3 Å². The fourth-order valence-electron chi connectivity index (χ4n) is 4.80. The van der Waals surface area contributed by atoms with Gasteiger partial charge in [0.1, 0.15) is 5.75 Å². The average molecular weight is 541 g/mol. The van der Waals surface area contributed by atoms with E-state index in [0.29, 0.717) is 24.2 Å². The highest BCUT2D eigenvalue weighted by molar-refractivity contribution is 7.10. The van der Waals surface area contributed by atoms with Gasteiger partial charge in [0.05, 0.1) is 24.8 Å². The summed E-state index contributed by atoms with van der Waals surface area (Å²) in [5.74, 6) is 0.580. The van der Waals surface area contributed by atoms with E-state index < -0.39 is 0 Å². The third-order valence-corrected chi connectivity index (χ3v) is 7.66. The quantitative estimate of drug-likeness (QED) is 0.306. The SMILES string of the molecule is COc1ccccc1N1CCN(c2ccc(NC(=O)Cc3cccs3)cc2C(=O)NCc2ccccc2)CC1. The van der Waals surface area contributed by atoms with E-state index in [4.69, 9.17) is 4.74 Å². The van der Waals surface area contributed by atoms with Gasteiger partial charge in [-0.1, -0.05) is 48.5 Å². The van der Waals surface area contributed by atoms with E-state index in [0.717, 1.165) is 53.7 Å². The van der Waals surface area contributed by atoms with Crippen LogP contribution in [0.2, 0.25) is 0 Å². The molecule has 0 saturated carbocycles. The number of anilines is 3. The lowest BCUT2D eigenvalue weighted by Gasteiger charge is -2.38. The molecule has 0 aliphatic carbocycles. The molecule has 1 fully saturated rings. The van der Waals surface area contributed by atoms with Gasteiger partial charge in [-0.15, -0.1) is 11.3 Å². The van der Waals surface area contributed by atoms with E-state index in [1.54, 1.807) is 24.5 Å². The van der Waals surface area contributed by atoms with Crippen LogP contribution < -0.4 is 25.2 Å². The molecule has 7 nitrogen and oxygen atoms in total. The molecule has 1 aliphatic rings. The Balaban J connectivity index is 1.33. The summed E-state index contributed by atoms with van der Waals surface area (Å²) in [4.78, 5) is 31.7. The first-order valence-corrected chi connectivity index (χ1v) is 13.9. The maximum absolute atomic E-state index is 13.5. The fraction of sp³-hybridized carbons (Fsp3) is 0.226. The number of nitrogens with zero attached hydrogens (tertiary/aromatic N) is 2. The summed E-state index contributed by atoms with van der Waals surface area (Å²) in [5, 5.41) is 7.98. The molecule has 5 rings (SSSR count). The lowest BCUT2D eigenvalue weighted by molar-refractivity contribution is -0.115. The molecule has 0 radical (unpaired) electrons. The van der Waals surface area contributed by atoms with Crippen molar-refractivity contribution in [1.82, 2.24) is 5.32 Å². The van der Waals surface area contributed by atoms with E-state index in [1.165, 1.54) is 0 Å². The molecule has 200 valence electrons. The molecule has 2 amide bonds. The summed E-state index contributed by atoms with van der Waals surface area (Å²) in [7, 11) is 1.69. The molecule has 3 aromatic carbocycles. The molecule has 0 atom stereocenters. The van der Waals surface area contributed by atoms with Crippen LogP contribution in [-0.2, 0) is 17.8 Å². The molecule has 1 aliphatic heterocycles. The monoisotopic (exact) mass is 540 g/mol. The summed E-state index contributed by atoms with van der Waals surface area (Å²) in [6.45, 7) is 3.52. The maximum atomic E-state index is 13.5. The van der Waals surface area contributed by atoms with Gasteiger partial charge >= 0.3 is 0 Å². The van der Waals surface area contributed by atoms with Crippen LogP contribution in [0.4, 0.5) is 17.1 Å². The van der Waals surface area contributed by atoms with Crippen molar-refractivity contribution in [2.24, 2.45) is 0 Å². The number of carbonyl (C=O) groups excluding carboxylic acids is 2. The molecule has 0 bridgehead atoms. The van der Waals surface area contributed by atoms with Gasteiger partial charge in [0, 0.05) is 49.0 Å². The van der Waals surface area contributed by atoms with Crippen molar-refractivity contribution in [2.45, 2.75) is 13.0 Å². The predicted octanol–water partition coefficient (Wildman–Crippen LogP) is 5.19. The summed E-state index contributed by atoms with van der Waals surface area (Å²) >= 11 is 1.55. The Morgan fingerprint density at radius 2 is 1.56 bits per heavy atom. The van der Waals surface area contributed by atoms with Crippen LogP contribution in [0.25, 0.3) is 0 Å².